The first-order valence-electron chi connectivity index (χ1n) is 12.2. The second kappa shape index (κ2) is 10.3. The zero-order valence-electron chi connectivity index (χ0n) is 20.3. The second-order valence-corrected chi connectivity index (χ2v) is 8.98. The van der Waals surface area contributed by atoms with Crippen molar-refractivity contribution >= 4 is 11.6 Å². The summed E-state index contributed by atoms with van der Waals surface area (Å²) in [4.78, 5) is 20.4. The number of piperidine rings is 1. The third-order valence-electron chi connectivity index (χ3n) is 6.61. The van der Waals surface area contributed by atoms with E-state index in [0.717, 1.165) is 53.5 Å². The molecule has 1 aliphatic heterocycles. The van der Waals surface area contributed by atoms with Gasteiger partial charge in [-0.3, -0.25) is 4.79 Å². The molecule has 0 spiro atoms. The molecule has 35 heavy (non-hydrogen) atoms. The first kappa shape index (κ1) is 23.1. The van der Waals surface area contributed by atoms with Gasteiger partial charge in [-0.1, -0.05) is 36.8 Å². The van der Waals surface area contributed by atoms with Crippen LogP contribution in [0.15, 0.2) is 60.7 Å². The molecule has 3 heterocycles. The Morgan fingerprint density at radius 3 is 2.46 bits per heavy atom. The van der Waals surface area contributed by atoms with E-state index in [1.54, 1.807) is 7.11 Å². The lowest BCUT2D eigenvalue weighted by Gasteiger charge is -2.26. The van der Waals surface area contributed by atoms with Crippen LogP contribution in [0.2, 0.25) is 0 Å². The molecule has 0 aliphatic carbocycles. The number of nitrogens with zero attached hydrogens (tertiary/aromatic N) is 4. The number of carbonyl (C=O) groups is 1. The summed E-state index contributed by atoms with van der Waals surface area (Å²) >= 11 is 0. The number of nitrogens with one attached hydrogen (secondary N) is 1. The van der Waals surface area contributed by atoms with Gasteiger partial charge in [-0.05, 0) is 68.8 Å². The maximum absolute atomic E-state index is 13.2. The minimum absolute atomic E-state index is 0.169. The topological polar surface area (TPSA) is 71.8 Å². The Kier molecular flexibility index (Phi) is 6.77. The minimum Gasteiger partial charge on any atom is -0.497 e. The number of hydrogen-bond acceptors (Lipinski definition) is 5. The summed E-state index contributed by atoms with van der Waals surface area (Å²) in [5.74, 6) is 0.605. The van der Waals surface area contributed by atoms with Crippen molar-refractivity contribution in [3.63, 3.8) is 0 Å². The van der Waals surface area contributed by atoms with E-state index in [1.807, 2.05) is 72.1 Å². The number of benzene rings is 2. The summed E-state index contributed by atoms with van der Waals surface area (Å²) < 4.78 is 7.16. The van der Waals surface area contributed by atoms with Gasteiger partial charge in [0.25, 0.3) is 5.91 Å². The molecule has 5 rings (SSSR count). The van der Waals surface area contributed by atoms with E-state index < -0.39 is 0 Å². The average Bonchev–Trinajstić information content (AvgIpc) is 3.25. The van der Waals surface area contributed by atoms with Crippen LogP contribution in [-0.4, -0.2) is 58.7 Å². The van der Waals surface area contributed by atoms with E-state index in [2.05, 4.69) is 10.2 Å². The Morgan fingerprint density at radius 2 is 1.74 bits per heavy atom. The molecule has 2 aromatic carbocycles. The number of carbonyl (C=O) groups excluding carboxylic acids is 1. The number of likely N-dealkylation sites (tertiary alicyclic amines) is 1. The predicted molar refractivity (Wildman–Crippen MR) is 138 cm³/mol. The molecule has 7 nitrogen and oxygen atoms in total. The van der Waals surface area contributed by atoms with Crippen molar-refractivity contribution in [2.45, 2.75) is 26.2 Å². The summed E-state index contributed by atoms with van der Waals surface area (Å²) in [6.07, 6.45) is 3.77. The molecule has 1 aliphatic rings. The molecule has 1 saturated heterocycles. The molecule has 1 fully saturated rings. The fraction of sp³-hybridized carbons (Fsp3) is 0.321. The molecule has 4 aromatic rings. The summed E-state index contributed by atoms with van der Waals surface area (Å²) in [6, 6.07) is 19.7. The number of ether oxygens (including phenoxy) is 1. The highest BCUT2D eigenvalue weighted by atomic mass is 16.5. The Labute approximate surface area is 205 Å². The average molecular weight is 470 g/mol. The van der Waals surface area contributed by atoms with Gasteiger partial charge in [0.1, 0.15) is 11.4 Å². The van der Waals surface area contributed by atoms with Crippen LogP contribution in [0.3, 0.4) is 0 Å². The molecule has 7 heteroatoms. The van der Waals surface area contributed by atoms with Crippen LogP contribution < -0.4 is 10.1 Å². The van der Waals surface area contributed by atoms with Gasteiger partial charge in [0.15, 0.2) is 5.65 Å². The highest BCUT2D eigenvalue weighted by molar-refractivity contribution is 5.95. The molecule has 1 amide bonds. The van der Waals surface area contributed by atoms with Crippen molar-refractivity contribution in [3.8, 4) is 28.1 Å². The number of rotatable bonds is 7. The zero-order chi connectivity index (χ0) is 24.2. The molecule has 0 bridgehead atoms. The van der Waals surface area contributed by atoms with Crippen molar-refractivity contribution < 1.29 is 9.53 Å². The fourth-order valence-corrected chi connectivity index (χ4v) is 4.75. The third kappa shape index (κ3) is 4.91. The molecule has 0 saturated carbocycles. The number of methoxy groups -OCH3 is 1. The summed E-state index contributed by atoms with van der Waals surface area (Å²) in [5, 5.41) is 7.90. The van der Waals surface area contributed by atoms with Crippen molar-refractivity contribution in [2.75, 3.05) is 33.3 Å². The minimum atomic E-state index is -0.169. The van der Waals surface area contributed by atoms with Crippen molar-refractivity contribution in [3.05, 3.63) is 72.1 Å². The van der Waals surface area contributed by atoms with Crippen molar-refractivity contribution in [2.24, 2.45) is 0 Å². The number of amides is 1. The molecule has 180 valence electrons. The number of aromatic nitrogens is 3. The van der Waals surface area contributed by atoms with Crippen LogP contribution in [0.5, 0.6) is 5.75 Å². The molecule has 0 radical (unpaired) electrons. The first-order chi connectivity index (χ1) is 17.1. The normalized spacial score (nSPS) is 14.2. The summed E-state index contributed by atoms with van der Waals surface area (Å²) in [7, 11) is 1.65. The zero-order valence-corrected chi connectivity index (χ0v) is 20.3. The fourth-order valence-electron chi connectivity index (χ4n) is 4.75. The van der Waals surface area contributed by atoms with E-state index in [4.69, 9.17) is 14.8 Å². The van der Waals surface area contributed by atoms with E-state index in [0.29, 0.717) is 17.9 Å². The molecular weight excluding hydrogens is 438 g/mol. The number of hydrogen-bond donors (Lipinski definition) is 1. The third-order valence-corrected chi connectivity index (χ3v) is 6.61. The van der Waals surface area contributed by atoms with Gasteiger partial charge in [-0.25, -0.2) is 9.50 Å². The Balaban J connectivity index is 1.53. The van der Waals surface area contributed by atoms with Crippen LogP contribution in [-0.2, 0) is 0 Å². The lowest BCUT2D eigenvalue weighted by molar-refractivity contribution is 0.0941. The van der Waals surface area contributed by atoms with Crippen LogP contribution in [0.4, 0.5) is 0 Å². The Morgan fingerprint density at radius 1 is 1.00 bits per heavy atom. The Hall–Kier alpha value is -3.71. The van der Waals surface area contributed by atoms with Gasteiger partial charge in [0.05, 0.1) is 18.5 Å². The van der Waals surface area contributed by atoms with Gasteiger partial charge >= 0.3 is 0 Å². The van der Waals surface area contributed by atoms with Crippen molar-refractivity contribution in [1.82, 2.24) is 24.8 Å². The predicted octanol–water partition coefficient (Wildman–Crippen LogP) is 4.60. The summed E-state index contributed by atoms with van der Waals surface area (Å²) in [6.45, 7) is 5.66. The van der Waals surface area contributed by atoms with Gasteiger partial charge in [-0.15, -0.1) is 0 Å². The largest absolute Gasteiger partial charge is 0.497 e. The maximum atomic E-state index is 13.2. The first-order valence-corrected chi connectivity index (χ1v) is 12.2. The van der Waals surface area contributed by atoms with Gasteiger partial charge < -0.3 is 15.0 Å². The Bertz CT molecular complexity index is 1310. The van der Waals surface area contributed by atoms with Gasteiger partial charge in [-0.2, -0.15) is 5.10 Å². The maximum Gasteiger partial charge on any atom is 0.270 e. The van der Waals surface area contributed by atoms with Gasteiger partial charge in [0, 0.05) is 24.2 Å². The highest BCUT2D eigenvalue weighted by Gasteiger charge is 2.20. The lowest BCUT2D eigenvalue weighted by Crippen LogP contribution is -2.37. The smallest absolute Gasteiger partial charge is 0.270 e. The molecular formula is C28H31N5O2. The quantitative estimate of drug-likeness (QED) is 0.428. The van der Waals surface area contributed by atoms with E-state index in [-0.39, 0.29) is 5.91 Å². The molecule has 2 aromatic heterocycles. The van der Waals surface area contributed by atoms with Crippen LogP contribution in [0, 0.1) is 6.92 Å². The molecule has 0 unspecified atom stereocenters. The number of fused-ring (bicyclic) bond motifs is 1. The van der Waals surface area contributed by atoms with E-state index in [9.17, 15) is 4.79 Å². The van der Waals surface area contributed by atoms with Gasteiger partial charge in [0.2, 0.25) is 0 Å². The monoisotopic (exact) mass is 469 g/mol. The van der Waals surface area contributed by atoms with Crippen molar-refractivity contribution in [1.29, 1.82) is 0 Å². The molecule has 0 atom stereocenters. The SMILES string of the molecule is COc1ccc(-c2cc(C(=O)NCCN3CCCCC3)nc3c(-c4ccccc4)c(C)nn23)cc1. The van der Waals surface area contributed by atoms with Crippen LogP contribution >= 0.6 is 0 Å². The highest BCUT2D eigenvalue weighted by Crippen LogP contribution is 2.31. The second-order valence-electron chi connectivity index (χ2n) is 8.98. The van der Waals surface area contributed by atoms with E-state index in [1.165, 1.54) is 19.3 Å². The molecule has 1 N–H and O–H groups in total. The number of aryl methyl sites for hydroxylation is 1. The van der Waals surface area contributed by atoms with Crippen LogP contribution in [0.1, 0.15) is 35.4 Å². The lowest BCUT2D eigenvalue weighted by atomic mass is 10.1. The van der Waals surface area contributed by atoms with Crippen LogP contribution in [0.25, 0.3) is 28.0 Å². The standard InChI is InChI=1S/C28H31N5O2/c1-20-26(22-9-5-3-6-10-22)27-30-24(28(34)29-15-18-32-16-7-4-8-17-32)19-25(33(27)31-20)21-11-13-23(35-2)14-12-21/h3,5-6,9-14,19H,4,7-8,15-18H2,1-2H3,(H,29,34). The summed E-state index contributed by atoms with van der Waals surface area (Å²) in [5.41, 5.74) is 5.62. The van der Waals surface area contributed by atoms with E-state index >= 15 is 0 Å².